The van der Waals surface area contributed by atoms with Crippen LogP contribution >= 0.6 is 11.3 Å². The fourth-order valence-electron chi connectivity index (χ4n) is 3.19. The molecule has 2 amide bonds. The second kappa shape index (κ2) is 5.69. The van der Waals surface area contributed by atoms with Gasteiger partial charge in [0.25, 0.3) is 5.91 Å². The highest BCUT2D eigenvalue weighted by molar-refractivity contribution is 7.12. The van der Waals surface area contributed by atoms with Gasteiger partial charge in [-0.15, -0.1) is 11.3 Å². The fraction of sp³-hybridized carbons (Fsp3) is 0.500. The standard InChI is InChI=1S/C14H16N2O5S/c1-6-4-5-22-11(6)13(18)16-15-12(17)9-7-2-3-8(21-7)10(9)14(19)20/h4-5,7-10H,2-3H2,1H3,(H,15,17)(H,16,18)(H,19,20)/t7-,8-,9-,10-/m1/s1. The highest BCUT2D eigenvalue weighted by atomic mass is 32.1. The van der Waals surface area contributed by atoms with Crippen molar-refractivity contribution < 1.29 is 24.2 Å². The van der Waals surface area contributed by atoms with Crippen molar-refractivity contribution in [3.8, 4) is 0 Å². The van der Waals surface area contributed by atoms with Crippen LogP contribution in [0.5, 0.6) is 0 Å². The van der Waals surface area contributed by atoms with Gasteiger partial charge in [0.2, 0.25) is 5.91 Å². The number of fused-ring (bicyclic) bond motifs is 2. The first-order chi connectivity index (χ1) is 10.5. The number of carboxylic acid groups (broad SMARTS) is 1. The summed E-state index contributed by atoms with van der Waals surface area (Å²) in [4.78, 5) is 36.0. The lowest BCUT2D eigenvalue weighted by Crippen LogP contribution is -2.50. The number of hydrazine groups is 1. The molecule has 2 fully saturated rings. The van der Waals surface area contributed by atoms with E-state index < -0.39 is 35.7 Å². The molecule has 0 unspecified atom stereocenters. The minimum Gasteiger partial charge on any atom is -0.481 e. The van der Waals surface area contributed by atoms with Gasteiger partial charge in [-0.1, -0.05) is 0 Å². The maximum atomic E-state index is 12.2. The van der Waals surface area contributed by atoms with Gasteiger partial charge in [0.1, 0.15) is 0 Å². The van der Waals surface area contributed by atoms with Gasteiger partial charge >= 0.3 is 5.97 Å². The first-order valence-electron chi connectivity index (χ1n) is 7.01. The molecule has 0 radical (unpaired) electrons. The normalized spacial score (nSPS) is 29.3. The molecule has 0 aromatic carbocycles. The van der Waals surface area contributed by atoms with Gasteiger partial charge in [-0.3, -0.25) is 25.2 Å². The second-order valence-corrected chi connectivity index (χ2v) is 6.47. The van der Waals surface area contributed by atoms with E-state index in [1.54, 1.807) is 12.3 Å². The summed E-state index contributed by atoms with van der Waals surface area (Å²) in [6, 6.07) is 1.81. The molecule has 7 nitrogen and oxygen atoms in total. The summed E-state index contributed by atoms with van der Waals surface area (Å²) < 4.78 is 5.53. The Labute approximate surface area is 130 Å². The summed E-state index contributed by atoms with van der Waals surface area (Å²) >= 11 is 1.28. The summed E-state index contributed by atoms with van der Waals surface area (Å²) in [7, 11) is 0. The summed E-state index contributed by atoms with van der Waals surface area (Å²) in [6.07, 6.45) is 0.538. The monoisotopic (exact) mass is 324 g/mol. The molecule has 0 saturated carbocycles. The van der Waals surface area contributed by atoms with Gasteiger partial charge < -0.3 is 9.84 Å². The number of carboxylic acids is 1. The predicted octanol–water partition coefficient (Wildman–Crippen LogP) is 0.696. The average molecular weight is 324 g/mol. The van der Waals surface area contributed by atoms with Crippen LogP contribution in [-0.4, -0.2) is 35.1 Å². The number of hydrogen-bond donors (Lipinski definition) is 3. The predicted molar refractivity (Wildman–Crippen MR) is 77.2 cm³/mol. The minimum atomic E-state index is -1.03. The Hall–Kier alpha value is -1.93. The molecular weight excluding hydrogens is 308 g/mol. The molecule has 4 atom stereocenters. The Morgan fingerprint density at radius 2 is 1.91 bits per heavy atom. The summed E-state index contributed by atoms with van der Waals surface area (Å²) in [5.41, 5.74) is 5.50. The quantitative estimate of drug-likeness (QED) is 0.710. The van der Waals surface area contributed by atoms with Gasteiger partial charge in [-0.05, 0) is 36.8 Å². The molecule has 8 heteroatoms. The van der Waals surface area contributed by atoms with Crippen molar-refractivity contribution in [1.29, 1.82) is 0 Å². The number of aryl methyl sites for hydroxylation is 1. The highest BCUT2D eigenvalue weighted by Gasteiger charge is 2.55. The maximum absolute atomic E-state index is 12.2. The van der Waals surface area contributed by atoms with Crippen molar-refractivity contribution >= 4 is 29.1 Å². The minimum absolute atomic E-state index is 0.383. The van der Waals surface area contributed by atoms with E-state index in [-0.39, 0.29) is 6.10 Å². The number of amides is 2. The van der Waals surface area contributed by atoms with Crippen LogP contribution in [0.25, 0.3) is 0 Å². The Kier molecular flexibility index (Phi) is 3.88. The SMILES string of the molecule is Cc1ccsc1C(=O)NNC(=O)[C@H]1[C@H](C(=O)O)[C@H]2CC[C@H]1O2. The van der Waals surface area contributed by atoms with Crippen LogP contribution in [0.2, 0.25) is 0 Å². The van der Waals surface area contributed by atoms with Gasteiger partial charge in [0.05, 0.1) is 28.9 Å². The van der Waals surface area contributed by atoms with E-state index in [1.165, 1.54) is 11.3 Å². The first-order valence-corrected chi connectivity index (χ1v) is 7.89. The summed E-state index contributed by atoms with van der Waals surface area (Å²) in [5.74, 6) is -3.56. The van der Waals surface area contributed by atoms with Crippen LogP contribution < -0.4 is 10.9 Å². The molecule has 3 N–H and O–H groups in total. The van der Waals surface area contributed by atoms with Crippen LogP contribution in [0.15, 0.2) is 11.4 Å². The van der Waals surface area contributed by atoms with E-state index >= 15 is 0 Å². The molecule has 2 bridgehead atoms. The number of hydrogen-bond acceptors (Lipinski definition) is 5. The molecule has 1 aromatic rings. The fourth-order valence-corrected chi connectivity index (χ4v) is 4.01. The zero-order chi connectivity index (χ0) is 15.9. The topological polar surface area (TPSA) is 105 Å². The highest BCUT2D eigenvalue weighted by Crippen LogP contribution is 2.43. The van der Waals surface area contributed by atoms with E-state index in [0.29, 0.717) is 17.7 Å². The van der Waals surface area contributed by atoms with E-state index in [0.717, 1.165) is 5.56 Å². The molecule has 2 aliphatic rings. The number of carbonyl (C=O) groups is 3. The van der Waals surface area contributed by atoms with Crippen LogP contribution in [-0.2, 0) is 14.3 Å². The van der Waals surface area contributed by atoms with Crippen molar-refractivity contribution in [2.75, 3.05) is 0 Å². The first kappa shape index (κ1) is 15.0. The number of nitrogens with one attached hydrogen (secondary N) is 2. The molecule has 2 aliphatic heterocycles. The molecule has 3 heterocycles. The van der Waals surface area contributed by atoms with Crippen LogP contribution in [0.4, 0.5) is 0 Å². The number of thiophene rings is 1. The van der Waals surface area contributed by atoms with Crippen molar-refractivity contribution in [3.05, 3.63) is 21.9 Å². The molecule has 22 heavy (non-hydrogen) atoms. The summed E-state index contributed by atoms with van der Waals surface area (Å²) in [5, 5.41) is 11.1. The third-order valence-corrected chi connectivity index (χ3v) is 5.24. The molecule has 118 valence electrons. The van der Waals surface area contributed by atoms with E-state index in [9.17, 15) is 19.5 Å². The van der Waals surface area contributed by atoms with Crippen molar-refractivity contribution in [2.45, 2.75) is 32.0 Å². The molecule has 0 spiro atoms. The summed E-state index contributed by atoms with van der Waals surface area (Å²) in [6.45, 7) is 1.80. The number of aliphatic carboxylic acids is 1. The van der Waals surface area contributed by atoms with Gasteiger partial charge in [0, 0.05) is 0 Å². The molecule has 2 saturated heterocycles. The Morgan fingerprint density at radius 3 is 2.50 bits per heavy atom. The molecule has 1 aromatic heterocycles. The lowest BCUT2D eigenvalue weighted by Gasteiger charge is -2.23. The number of rotatable bonds is 3. The lowest BCUT2D eigenvalue weighted by molar-refractivity contribution is -0.148. The van der Waals surface area contributed by atoms with Crippen molar-refractivity contribution in [3.63, 3.8) is 0 Å². The zero-order valence-electron chi connectivity index (χ0n) is 11.9. The van der Waals surface area contributed by atoms with E-state index in [1.807, 2.05) is 6.07 Å². The lowest BCUT2D eigenvalue weighted by atomic mass is 9.79. The third kappa shape index (κ3) is 2.48. The van der Waals surface area contributed by atoms with Gasteiger partial charge in [-0.2, -0.15) is 0 Å². The van der Waals surface area contributed by atoms with Crippen LogP contribution in [0.3, 0.4) is 0 Å². The second-order valence-electron chi connectivity index (χ2n) is 5.56. The Morgan fingerprint density at radius 1 is 1.23 bits per heavy atom. The van der Waals surface area contributed by atoms with Crippen molar-refractivity contribution in [1.82, 2.24) is 10.9 Å². The smallest absolute Gasteiger partial charge is 0.310 e. The zero-order valence-corrected chi connectivity index (χ0v) is 12.7. The van der Waals surface area contributed by atoms with Crippen molar-refractivity contribution in [2.24, 2.45) is 11.8 Å². The average Bonchev–Trinajstić information content (AvgIpc) is 3.18. The van der Waals surface area contributed by atoms with Crippen LogP contribution in [0.1, 0.15) is 28.1 Å². The van der Waals surface area contributed by atoms with E-state index in [2.05, 4.69) is 10.9 Å². The Balaban J connectivity index is 1.63. The molecule has 3 rings (SSSR count). The van der Waals surface area contributed by atoms with E-state index in [4.69, 9.17) is 4.74 Å². The van der Waals surface area contributed by atoms with Gasteiger partial charge in [-0.25, -0.2) is 0 Å². The molecular formula is C14H16N2O5S. The Bertz CT molecular complexity index is 629. The third-order valence-electron chi connectivity index (χ3n) is 4.23. The van der Waals surface area contributed by atoms with Crippen LogP contribution in [0, 0.1) is 18.8 Å². The van der Waals surface area contributed by atoms with Gasteiger partial charge in [0.15, 0.2) is 0 Å². The maximum Gasteiger partial charge on any atom is 0.310 e. The number of carbonyl (C=O) groups excluding carboxylic acids is 2. The molecule has 0 aliphatic carbocycles. The largest absolute Gasteiger partial charge is 0.481 e. The number of ether oxygens (including phenoxy) is 1.